The molecule has 3 rings (SSSR count). The number of rotatable bonds is 1. The van der Waals surface area contributed by atoms with Gasteiger partial charge in [0.05, 0.1) is 11.0 Å². The topological polar surface area (TPSA) is 53.1 Å². The van der Waals surface area contributed by atoms with Crippen LogP contribution in [0.2, 0.25) is 0 Å². The Morgan fingerprint density at radius 2 is 2.12 bits per heavy atom. The van der Waals surface area contributed by atoms with Crippen molar-refractivity contribution in [2.24, 2.45) is 0 Å². The zero-order valence-electron chi connectivity index (χ0n) is 9.40. The average molecular weight is 296 g/mol. The number of nitrogens with two attached hydrogens (primary N) is 1. The third-order valence-corrected chi connectivity index (χ3v) is 3.73. The van der Waals surface area contributed by atoms with Gasteiger partial charge in [0, 0.05) is 23.7 Å². The second-order valence-corrected chi connectivity index (χ2v) is 5.23. The van der Waals surface area contributed by atoms with Crippen LogP contribution in [0.15, 0.2) is 22.7 Å². The van der Waals surface area contributed by atoms with Crippen LogP contribution < -0.4 is 5.73 Å². The van der Waals surface area contributed by atoms with E-state index in [2.05, 4.69) is 31.5 Å². The third kappa shape index (κ3) is 1.93. The Hall–Kier alpha value is -1.07. The van der Waals surface area contributed by atoms with Crippen molar-refractivity contribution in [1.82, 2.24) is 9.55 Å². The third-order valence-electron chi connectivity index (χ3n) is 3.23. The molecule has 2 aromatic rings. The smallest absolute Gasteiger partial charge is 0.201 e. The number of hydrogen-bond acceptors (Lipinski definition) is 3. The standard InChI is InChI=1S/C12H14BrN3O/c13-8-1-2-10-11(7-8)16(12(14)15-10)9-3-5-17-6-4-9/h1-2,7,9H,3-6H2,(H2,14,15). The highest BCUT2D eigenvalue weighted by Crippen LogP contribution is 2.30. The molecule has 0 radical (unpaired) electrons. The number of imidazole rings is 1. The zero-order chi connectivity index (χ0) is 11.8. The molecule has 2 heterocycles. The second-order valence-electron chi connectivity index (χ2n) is 4.32. The van der Waals surface area contributed by atoms with Gasteiger partial charge < -0.3 is 15.0 Å². The SMILES string of the molecule is Nc1nc2ccc(Br)cc2n1C1CCOCC1. The summed E-state index contributed by atoms with van der Waals surface area (Å²) in [4.78, 5) is 4.41. The molecule has 1 fully saturated rings. The molecular formula is C12H14BrN3O. The summed E-state index contributed by atoms with van der Waals surface area (Å²) in [5.74, 6) is 0.602. The van der Waals surface area contributed by atoms with Gasteiger partial charge in [-0.2, -0.15) is 0 Å². The first-order valence-electron chi connectivity index (χ1n) is 5.76. The number of halogens is 1. The van der Waals surface area contributed by atoms with Crippen LogP contribution in [-0.4, -0.2) is 22.8 Å². The van der Waals surface area contributed by atoms with E-state index in [9.17, 15) is 0 Å². The van der Waals surface area contributed by atoms with E-state index in [1.54, 1.807) is 0 Å². The number of nitrogens with zero attached hydrogens (tertiary/aromatic N) is 2. The minimum Gasteiger partial charge on any atom is -0.381 e. The van der Waals surface area contributed by atoms with Crippen molar-refractivity contribution >= 4 is 32.9 Å². The second kappa shape index (κ2) is 4.31. The van der Waals surface area contributed by atoms with Crippen molar-refractivity contribution in [3.05, 3.63) is 22.7 Å². The Morgan fingerprint density at radius 1 is 1.35 bits per heavy atom. The van der Waals surface area contributed by atoms with Gasteiger partial charge in [-0.15, -0.1) is 0 Å². The van der Waals surface area contributed by atoms with E-state index < -0.39 is 0 Å². The summed E-state index contributed by atoms with van der Waals surface area (Å²) in [5, 5.41) is 0. The molecule has 0 atom stereocenters. The molecular weight excluding hydrogens is 282 g/mol. The van der Waals surface area contributed by atoms with Gasteiger partial charge in [0.15, 0.2) is 0 Å². The van der Waals surface area contributed by atoms with Gasteiger partial charge in [0.25, 0.3) is 0 Å². The average Bonchev–Trinajstić information content (AvgIpc) is 2.65. The molecule has 1 saturated heterocycles. The Kier molecular flexibility index (Phi) is 2.80. The maximum Gasteiger partial charge on any atom is 0.201 e. The van der Waals surface area contributed by atoms with Crippen molar-refractivity contribution in [3.8, 4) is 0 Å². The molecule has 0 amide bonds. The number of nitrogen functional groups attached to an aromatic ring is 1. The van der Waals surface area contributed by atoms with E-state index in [1.807, 2.05) is 12.1 Å². The maximum absolute atomic E-state index is 6.03. The van der Waals surface area contributed by atoms with Crippen LogP contribution in [0.3, 0.4) is 0 Å². The minimum atomic E-state index is 0.406. The van der Waals surface area contributed by atoms with Crippen molar-refractivity contribution in [2.45, 2.75) is 18.9 Å². The lowest BCUT2D eigenvalue weighted by atomic mass is 10.1. The van der Waals surface area contributed by atoms with Gasteiger partial charge in [0.2, 0.25) is 5.95 Å². The van der Waals surface area contributed by atoms with Crippen molar-refractivity contribution in [3.63, 3.8) is 0 Å². The van der Waals surface area contributed by atoms with Crippen LogP contribution in [0.25, 0.3) is 11.0 Å². The van der Waals surface area contributed by atoms with Crippen LogP contribution in [0, 0.1) is 0 Å². The lowest BCUT2D eigenvalue weighted by Gasteiger charge is -2.24. The molecule has 1 aliphatic rings. The molecule has 90 valence electrons. The van der Waals surface area contributed by atoms with Gasteiger partial charge in [0.1, 0.15) is 0 Å². The minimum absolute atomic E-state index is 0.406. The van der Waals surface area contributed by atoms with Crippen LogP contribution >= 0.6 is 15.9 Å². The first-order valence-corrected chi connectivity index (χ1v) is 6.56. The fourth-order valence-electron chi connectivity index (χ4n) is 2.41. The van der Waals surface area contributed by atoms with Gasteiger partial charge in [-0.1, -0.05) is 15.9 Å². The number of hydrogen-bond donors (Lipinski definition) is 1. The van der Waals surface area contributed by atoms with Gasteiger partial charge in [-0.3, -0.25) is 0 Å². The Morgan fingerprint density at radius 3 is 2.88 bits per heavy atom. The molecule has 0 bridgehead atoms. The molecule has 0 saturated carbocycles. The zero-order valence-corrected chi connectivity index (χ0v) is 11.0. The normalized spacial score (nSPS) is 17.7. The summed E-state index contributed by atoms with van der Waals surface area (Å²) >= 11 is 3.49. The van der Waals surface area contributed by atoms with Crippen LogP contribution in [0.5, 0.6) is 0 Å². The molecule has 1 aromatic heterocycles. The number of anilines is 1. The molecule has 5 heteroatoms. The number of fused-ring (bicyclic) bond motifs is 1. The predicted molar refractivity (Wildman–Crippen MR) is 70.9 cm³/mol. The summed E-state index contributed by atoms with van der Waals surface area (Å²) in [6, 6.07) is 6.46. The monoisotopic (exact) mass is 295 g/mol. The van der Waals surface area contributed by atoms with E-state index in [0.717, 1.165) is 41.6 Å². The van der Waals surface area contributed by atoms with E-state index in [0.29, 0.717) is 12.0 Å². The van der Waals surface area contributed by atoms with Crippen molar-refractivity contribution < 1.29 is 4.74 Å². The van der Waals surface area contributed by atoms with Crippen LogP contribution in [0.1, 0.15) is 18.9 Å². The molecule has 1 aromatic carbocycles. The Balaban J connectivity index is 2.13. The molecule has 0 aliphatic carbocycles. The molecule has 2 N–H and O–H groups in total. The summed E-state index contributed by atoms with van der Waals surface area (Å²) in [5.41, 5.74) is 8.09. The maximum atomic E-state index is 6.03. The Bertz CT molecular complexity index is 546. The largest absolute Gasteiger partial charge is 0.381 e. The first-order chi connectivity index (χ1) is 8.25. The summed E-state index contributed by atoms with van der Waals surface area (Å²) in [7, 11) is 0. The van der Waals surface area contributed by atoms with E-state index in [-0.39, 0.29) is 0 Å². The molecule has 17 heavy (non-hydrogen) atoms. The van der Waals surface area contributed by atoms with E-state index in [4.69, 9.17) is 10.5 Å². The lowest BCUT2D eigenvalue weighted by molar-refractivity contribution is 0.0711. The highest BCUT2D eigenvalue weighted by molar-refractivity contribution is 9.10. The highest BCUT2D eigenvalue weighted by Gasteiger charge is 2.20. The first kappa shape index (κ1) is 11.0. The quantitative estimate of drug-likeness (QED) is 0.880. The molecule has 0 unspecified atom stereocenters. The summed E-state index contributed by atoms with van der Waals surface area (Å²) < 4.78 is 8.58. The fraction of sp³-hybridized carbons (Fsp3) is 0.417. The van der Waals surface area contributed by atoms with E-state index >= 15 is 0 Å². The van der Waals surface area contributed by atoms with Crippen molar-refractivity contribution in [2.75, 3.05) is 18.9 Å². The number of aromatic nitrogens is 2. The van der Waals surface area contributed by atoms with Crippen LogP contribution in [-0.2, 0) is 4.74 Å². The molecule has 1 aliphatic heterocycles. The Labute approximate surface area is 108 Å². The summed E-state index contributed by atoms with van der Waals surface area (Å²) in [6.45, 7) is 1.61. The molecule has 0 spiro atoms. The fourth-order valence-corrected chi connectivity index (χ4v) is 2.76. The summed E-state index contributed by atoms with van der Waals surface area (Å²) in [6.07, 6.45) is 2.00. The highest BCUT2D eigenvalue weighted by atomic mass is 79.9. The predicted octanol–water partition coefficient (Wildman–Crippen LogP) is 2.73. The van der Waals surface area contributed by atoms with Crippen molar-refractivity contribution in [1.29, 1.82) is 0 Å². The molecule has 4 nitrogen and oxygen atoms in total. The van der Waals surface area contributed by atoms with E-state index in [1.165, 1.54) is 0 Å². The van der Waals surface area contributed by atoms with Gasteiger partial charge >= 0.3 is 0 Å². The van der Waals surface area contributed by atoms with Crippen LogP contribution in [0.4, 0.5) is 5.95 Å². The number of ether oxygens (including phenoxy) is 1. The lowest BCUT2D eigenvalue weighted by Crippen LogP contribution is -2.20. The number of benzene rings is 1. The van der Waals surface area contributed by atoms with Gasteiger partial charge in [-0.05, 0) is 31.0 Å². The van der Waals surface area contributed by atoms with Gasteiger partial charge in [-0.25, -0.2) is 4.98 Å².